The Morgan fingerprint density at radius 2 is 1.79 bits per heavy atom. The van der Waals surface area contributed by atoms with Gasteiger partial charge >= 0.3 is 0 Å². The van der Waals surface area contributed by atoms with E-state index < -0.39 is 0 Å². The molecule has 0 saturated carbocycles. The lowest BCUT2D eigenvalue weighted by Gasteiger charge is -2.20. The first-order chi connectivity index (χ1) is 13.5. The van der Waals surface area contributed by atoms with Crippen molar-refractivity contribution in [1.82, 2.24) is 9.80 Å². The van der Waals surface area contributed by atoms with Crippen molar-refractivity contribution >= 4 is 29.0 Å². The molecule has 1 fully saturated rings. The van der Waals surface area contributed by atoms with E-state index >= 15 is 0 Å². The molecule has 0 bridgehead atoms. The van der Waals surface area contributed by atoms with Gasteiger partial charge in [-0.1, -0.05) is 12.1 Å². The Morgan fingerprint density at radius 1 is 1.11 bits per heavy atom. The Labute approximate surface area is 165 Å². The number of anilines is 1. The monoisotopic (exact) mass is 385 g/mol. The van der Waals surface area contributed by atoms with E-state index in [1.807, 2.05) is 11.8 Å². The van der Waals surface area contributed by atoms with Crippen molar-refractivity contribution in [1.29, 1.82) is 0 Å². The molecule has 28 heavy (non-hydrogen) atoms. The van der Waals surface area contributed by atoms with Crippen LogP contribution >= 0.6 is 0 Å². The summed E-state index contributed by atoms with van der Waals surface area (Å²) in [4.78, 5) is 40.8. The predicted octanol–water partition coefficient (Wildman–Crippen LogP) is 2.25. The van der Waals surface area contributed by atoms with Crippen LogP contribution in [0.5, 0.6) is 0 Å². The highest BCUT2D eigenvalue weighted by Crippen LogP contribution is 2.33. The highest BCUT2D eigenvalue weighted by Gasteiger charge is 2.41. The molecular formula is C21H27N3O4. The van der Waals surface area contributed by atoms with Crippen LogP contribution in [0.2, 0.25) is 0 Å². The standard InChI is InChI=1S/C21H27N3O4/c1-3-28-14-6-13-24-20(26)18(19(21(24)27)23-11-4-5-12-23)16-7-9-17(10-8-16)22-15(2)25/h7-10H,3-6,11-14H2,1-2H3,(H,22,25). The lowest BCUT2D eigenvalue weighted by molar-refractivity contribution is -0.137. The van der Waals surface area contributed by atoms with Gasteiger partial charge in [0.2, 0.25) is 5.91 Å². The average molecular weight is 385 g/mol. The summed E-state index contributed by atoms with van der Waals surface area (Å²) in [5.41, 5.74) is 2.32. The van der Waals surface area contributed by atoms with Gasteiger partial charge in [0.05, 0.1) is 5.57 Å². The van der Waals surface area contributed by atoms with Crippen molar-refractivity contribution in [3.8, 4) is 0 Å². The average Bonchev–Trinajstić information content (AvgIpc) is 3.27. The molecule has 2 aliphatic rings. The maximum absolute atomic E-state index is 13.1. The summed E-state index contributed by atoms with van der Waals surface area (Å²) >= 11 is 0. The summed E-state index contributed by atoms with van der Waals surface area (Å²) in [6, 6.07) is 7.07. The number of rotatable bonds is 8. The number of benzene rings is 1. The summed E-state index contributed by atoms with van der Waals surface area (Å²) in [5, 5.41) is 2.72. The maximum Gasteiger partial charge on any atom is 0.277 e. The van der Waals surface area contributed by atoms with Gasteiger partial charge in [0.25, 0.3) is 11.8 Å². The Morgan fingerprint density at radius 3 is 2.39 bits per heavy atom. The molecule has 1 saturated heterocycles. The number of ether oxygens (including phenoxy) is 1. The Balaban J connectivity index is 1.88. The SMILES string of the molecule is CCOCCCN1C(=O)C(c2ccc(NC(C)=O)cc2)=C(N2CCCC2)C1=O. The van der Waals surface area contributed by atoms with Crippen molar-refractivity contribution < 1.29 is 19.1 Å². The van der Waals surface area contributed by atoms with Crippen LogP contribution in [0.1, 0.15) is 38.7 Å². The van der Waals surface area contributed by atoms with E-state index in [1.165, 1.54) is 11.8 Å². The molecule has 0 aliphatic carbocycles. The number of nitrogens with zero attached hydrogens (tertiary/aromatic N) is 2. The van der Waals surface area contributed by atoms with Crippen molar-refractivity contribution in [2.24, 2.45) is 0 Å². The number of amides is 3. The van der Waals surface area contributed by atoms with E-state index in [0.29, 0.717) is 48.7 Å². The van der Waals surface area contributed by atoms with Crippen molar-refractivity contribution in [3.63, 3.8) is 0 Å². The van der Waals surface area contributed by atoms with Crippen LogP contribution in [0.15, 0.2) is 30.0 Å². The van der Waals surface area contributed by atoms with E-state index in [4.69, 9.17) is 4.74 Å². The van der Waals surface area contributed by atoms with Gasteiger partial charge in [-0.05, 0) is 43.9 Å². The van der Waals surface area contributed by atoms with E-state index in [9.17, 15) is 14.4 Å². The van der Waals surface area contributed by atoms with E-state index in [1.54, 1.807) is 24.3 Å². The minimum Gasteiger partial charge on any atom is -0.382 e. The first-order valence-electron chi connectivity index (χ1n) is 9.84. The molecule has 3 rings (SSSR count). The van der Waals surface area contributed by atoms with Gasteiger partial charge in [-0.15, -0.1) is 0 Å². The zero-order valence-corrected chi connectivity index (χ0v) is 16.5. The molecule has 0 spiro atoms. The molecular weight excluding hydrogens is 358 g/mol. The third-order valence-corrected chi connectivity index (χ3v) is 4.93. The molecule has 3 amide bonds. The minimum absolute atomic E-state index is 0.155. The van der Waals surface area contributed by atoms with Gasteiger partial charge < -0.3 is 15.0 Å². The number of carbonyl (C=O) groups is 3. The second-order valence-electron chi connectivity index (χ2n) is 6.99. The topological polar surface area (TPSA) is 79.0 Å². The molecule has 1 aromatic rings. The van der Waals surface area contributed by atoms with Crippen molar-refractivity contribution in [3.05, 3.63) is 35.5 Å². The van der Waals surface area contributed by atoms with Gasteiger partial charge in [0, 0.05) is 45.5 Å². The van der Waals surface area contributed by atoms with Gasteiger partial charge in [0.15, 0.2) is 0 Å². The quantitative estimate of drug-likeness (QED) is 0.548. The Bertz CT molecular complexity index is 779. The molecule has 0 atom stereocenters. The van der Waals surface area contributed by atoms with Gasteiger partial charge in [-0.3, -0.25) is 19.3 Å². The summed E-state index contributed by atoms with van der Waals surface area (Å²) in [6.07, 6.45) is 2.65. The van der Waals surface area contributed by atoms with Crippen LogP contribution < -0.4 is 5.32 Å². The fourth-order valence-corrected chi connectivity index (χ4v) is 3.65. The molecule has 0 unspecified atom stereocenters. The molecule has 0 radical (unpaired) electrons. The normalized spacial score (nSPS) is 17.1. The largest absolute Gasteiger partial charge is 0.382 e. The number of hydrogen-bond donors (Lipinski definition) is 1. The van der Waals surface area contributed by atoms with Crippen molar-refractivity contribution in [2.45, 2.75) is 33.1 Å². The first-order valence-corrected chi connectivity index (χ1v) is 9.84. The van der Waals surface area contributed by atoms with Crippen LogP contribution in [0.25, 0.3) is 5.57 Å². The highest BCUT2D eigenvalue weighted by atomic mass is 16.5. The molecule has 2 heterocycles. The maximum atomic E-state index is 13.1. The molecule has 0 aromatic heterocycles. The molecule has 7 nitrogen and oxygen atoms in total. The van der Waals surface area contributed by atoms with Gasteiger partial charge in [-0.25, -0.2) is 0 Å². The minimum atomic E-state index is -0.254. The zero-order valence-electron chi connectivity index (χ0n) is 16.5. The fraction of sp³-hybridized carbons (Fsp3) is 0.476. The summed E-state index contributed by atoms with van der Waals surface area (Å²) in [6.45, 7) is 6.42. The van der Waals surface area contributed by atoms with Crippen LogP contribution in [0.4, 0.5) is 5.69 Å². The second-order valence-corrected chi connectivity index (χ2v) is 6.99. The summed E-state index contributed by atoms with van der Waals surface area (Å²) in [7, 11) is 0. The van der Waals surface area contributed by atoms with Gasteiger partial charge in [-0.2, -0.15) is 0 Å². The smallest absolute Gasteiger partial charge is 0.277 e. The molecule has 1 N–H and O–H groups in total. The molecule has 2 aliphatic heterocycles. The first kappa shape index (κ1) is 20.1. The van der Waals surface area contributed by atoms with Crippen LogP contribution in [-0.4, -0.2) is 60.4 Å². The van der Waals surface area contributed by atoms with E-state index in [2.05, 4.69) is 5.32 Å². The van der Waals surface area contributed by atoms with E-state index in [-0.39, 0.29) is 17.7 Å². The number of likely N-dealkylation sites (tertiary alicyclic amines) is 1. The predicted molar refractivity (Wildman–Crippen MR) is 106 cm³/mol. The van der Waals surface area contributed by atoms with E-state index in [0.717, 1.165) is 25.9 Å². The fourth-order valence-electron chi connectivity index (χ4n) is 3.65. The molecule has 1 aromatic carbocycles. The number of nitrogens with one attached hydrogen (secondary N) is 1. The number of imide groups is 1. The number of carbonyl (C=O) groups excluding carboxylic acids is 3. The second kappa shape index (κ2) is 9.01. The van der Waals surface area contributed by atoms with Crippen LogP contribution in [0, 0.1) is 0 Å². The molecule has 150 valence electrons. The third kappa shape index (κ3) is 4.25. The Hall–Kier alpha value is -2.67. The lowest BCUT2D eigenvalue weighted by Crippen LogP contribution is -2.35. The van der Waals surface area contributed by atoms with Crippen LogP contribution in [0.3, 0.4) is 0 Å². The van der Waals surface area contributed by atoms with Crippen molar-refractivity contribution in [2.75, 3.05) is 38.2 Å². The lowest BCUT2D eigenvalue weighted by atomic mass is 10.0. The third-order valence-electron chi connectivity index (χ3n) is 4.93. The zero-order chi connectivity index (χ0) is 20.1. The van der Waals surface area contributed by atoms with Gasteiger partial charge in [0.1, 0.15) is 5.70 Å². The number of hydrogen-bond acceptors (Lipinski definition) is 5. The summed E-state index contributed by atoms with van der Waals surface area (Å²) < 4.78 is 5.34. The Kier molecular flexibility index (Phi) is 6.46. The van der Waals surface area contributed by atoms with Crippen LogP contribution in [-0.2, 0) is 19.1 Å². The molecule has 7 heteroatoms. The highest BCUT2D eigenvalue weighted by molar-refractivity contribution is 6.35. The summed E-state index contributed by atoms with van der Waals surface area (Å²) in [5.74, 6) is -0.627.